The first-order valence-electron chi connectivity index (χ1n) is 8.36. The topological polar surface area (TPSA) is 42.4 Å². The summed E-state index contributed by atoms with van der Waals surface area (Å²) in [5.41, 5.74) is 0.708. The Labute approximate surface area is 149 Å². The van der Waals surface area contributed by atoms with Gasteiger partial charge in [-0.05, 0) is 23.3 Å². The summed E-state index contributed by atoms with van der Waals surface area (Å²) in [6, 6.07) is 8.85. The van der Waals surface area contributed by atoms with Crippen LogP contribution in [-0.4, -0.2) is 41.6 Å². The van der Waals surface area contributed by atoms with Gasteiger partial charge >= 0.3 is 6.18 Å². The highest BCUT2D eigenvalue weighted by Crippen LogP contribution is 2.30. The van der Waals surface area contributed by atoms with Crippen molar-refractivity contribution in [1.29, 1.82) is 0 Å². The van der Waals surface area contributed by atoms with Crippen LogP contribution in [0.4, 0.5) is 13.2 Å². The molecule has 1 unspecified atom stereocenters. The Hall–Kier alpha value is -2.41. The van der Waals surface area contributed by atoms with Crippen molar-refractivity contribution in [3.63, 3.8) is 0 Å². The second kappa shape index (κ2) is 7.86. The lowest BCUT2D eigenvalue weighted by Crippen LogP contribution is -2.46. The zero-order chi connectivity index (χ0) is 18.6. The molecule has 7 heteroatoms. The highest BCUT2D eigenvalue weighted by molar-refractivity contribution is 5.78. The Bertz CT molecular complexity index is 750. The second-order valence-corrected chi connectivity index (χ2v) is 6.27. The molecule has 4 nitrogen and oxygen atoms in total. The molecule has 1 aliphatic heterocycles. The monoisotopic (exact) mass is 364 g/mol. The van der Waals surface area contributed by atoms with Gasteiger partial charge in [0.1, 0.15) is 0 Å². The van der Waals surface area contributed by atoms with Crippen LogP contribution in [0.3, 0.4) is 0 Å². The number of nitrogens with zero attached hydrogens (tertiary/aromatic N) is 2. The van der Waals surface area contributed by atoms with Crippen LogP contribution < -0.4 is 0 Å². The van der Waals surface area contributed by atoms with Crippen molar-refractivity contribution < 1.29 is 22.7 Å². The number of rotatable bonds is 4. The number of morpholine rings is 1. The predicted octanol–water partition coefficient (Wildman–Crippen LogP) is 3.11. The summed E-state index contributed by atoms with van der Waals surface area (Å²) in [6.45, 7) is 1.23. The molecule has 0 radical (unpaired) electrons. The van der Waals surface area contributed by atoms with E-state index < -0.39 is 11.7 Å². The van der Waals surface area contributed by atoms with Crippen molar-refractivity contribution in [3.8, 4) is 0 Å². The minimum absolute atomic E-state index is 0.0321. The Kier molecular flexibility index (Phi) is 5.56. The Morgan fingerprint density at radius 3 is 2.77 bits per heavy atom. The standard InChI is InChI=1S/C19H19F3N2O2/c20-19(21,22)16-5-1-3-14(9-16)10-17-13-24(7-8-26-17)18(25)11-15-4-2-6-23-12-15/h1-6,9,12,17H,7-8,10-11,13H2. The van der Waals surface area contributed by atoms with E-state index in [4.69, 9.17) is 4.74 Å². The van der Waals surface area contributed by atoms with E-state index >= 15 is 0 Å². The third kappa shape index (κ3) is 4.82. The number of alkyl halides is 3. The molecule has 0 aliphatic carbocycles. The Morgan fingerprint density at radius 2 is 2.04 bits per heavy atom. The summed E-state index contributed by atoms with van der Waals surface area (Å²) in [5.74, 6) is -0.0321. The maximum atomic E-state index is 12.8. The fourth-order valence-electron chi connectivity index (χ4n) is 3.00. The van der Waals surface area contributed by atoms with E-state index in [-0.39, 0.29) is 18.4 Å². The molecule has 2 heterocycles. The van der Waals surface area contributed by atoms with Gasteiger partial charge in [-0.15, -0.1) is 0 Å². The molecule has 0 bridgehead atoms. The van der Waals surface area contributed by atoms with Gasteiger partial charge in [0.05, 0.1) is 24.7 Å². The smallest absolute Gasteiger partial charge is 0.374 e. The molecule has 0 N–H and O–H groups in total. The molecule has 3 rings (SSSR count). The zero-order valence-electron chi connectivity index (χ0n) is 14.1. The van der Waals surface area contributed by atoms with Crippen LogP contribution in [0.2, 0.25) is 0 Å². The predicted molar refractivity (Wildman–Crippen MR) is 89.4 cm³/mol. The van der Waals surface area contributed by atoms with E-state index in [1.807, 2.05) is 6.07 Å². The molecular formula is C19H19F3N2O2. The van der Waals surface area contributed by atoms with E-state index in [0.29, 0.717) is 31.7 Å². The van der Waals surface area contributed by atoms with Gasteiger partial charge in [-0.2, -0.15) is 13.2 Å². The van der Waals surface area contributed by atoms with Crippen LogP contribution in [0.5, 0.6) is 0 Å². The minimum Gasteiger partial charge on any atom is -0.374 e. The van der Waals surface area contributed by atoms with Gasteiger partial charge in [-0.3, -0.25) is 9.78 Å². The summed E-state index contributed by atoms with van der Waals surface area (Å²) in [7, 11) is 0. The van der Waals surface area contributed by atoms with Crippen molar-refractivity contribution in [2.75, 3.05) is 19.7 Å². The van der Waals surface area contributed by atoms with Crippen molar-refractivity contribution in [2.45, 2.75) is 25.1 Å². The molecule has 1 fully saturated rings. The molecule has 1 saturated heterocycles. The number of carbonyl (C=O) groups is 1. The number of hydrogen-bond acceptors (Lipinski definition) is 3. The minimum atomic E-state index is -4.37. The fourth-order valence-corrected chi connectivity index (χ4v) is 3.00. The number of pyridine rings is 1. The first-order valence-corrected chi connectivity index (χ1v) is 8.36. The van der Waals surface area contributed by atoms with Crippen molar-refractivity contribution >= 4 is 5.91 Å². The highest BCUT2D eigenvalue weighted by Gasteiger charge is 2.31. The summed E-state index contributed by atoms with van der Waals surface area (Å²) in [6.07, 6.45) is -0.795. The van der Waals surface area contributed by atoms with E-state index in [1.54, 1.807) is 29.4 Å². The van der Waals surface area contributed by atoms with Gasteiger partial charge < -0.3 is 9.64 Å². The van der Waals surface area contributed by atoms with Gasteiger partial charge in [0.2, 0.25) is 5.91 Å². The first kappa shape index (κ1) is 18.4. The van der Waals surface area contributed by atoms with Crippen LogP contribution >= 0.6 is 0 Å². The maximum absolute atomic E-state index is 12.8. The number of amides is 1. The SMILES string of the molecule is O=C(Cc1cccnc1)N1CCOC(Cc2cccc(C(F)(F)F)c2)C1. The molecule has 1 aliphatic rings. The molecule has 0 spiro atoms. The van der Waals surface area contributed by atoms with Crippen molar-refractivity contribution in [2.24, 2.45) is 0 Å². The molecule has 1 aromatic carbocycles. The molecule has 2 aromatic rings. The Balaban J connectivity index is 1.61. The molecule has 138 valence electrons. The number of halogens is 3. The van der Waals surface area contributed by atoms with Crippen LogP contribution in [0.1, 0.15) is 16.7 Å². The molecule has 0 saturated carbocycles. The van der Waals surface area contributed by atoms with Crippen LogP contribution in [-0.2, 0) is 28.5 Å². The van der Waals surface area contributed by atoms with Crippen molar-refractivity contribution in [1.82, 2.24) is 9.88 Å². The van der Waals surface area contributed by atoms with Crippen molar-refractivity contribution in [3.05, 3.63) is 65.5 Å². The van der Waals surface area contributed by atoms with Gasteiger partial charge in [-0.25, -0.2) is 0 Å². The van der Waals surface area contributed by atoms with Crippen LogP contribution in [0.25, 0.3) is 0 Å². The number of aromatic nitrogens is 1. The lowest BCUT2D eigenvalue weighted by Gasteiger charge is -2.33. The normalized spacial score (nSPS) is 18.0. The fraction of sp³-hybridized carbons (Fsp3) is 0.368. The number of carbonyl (C=O) groups excluding carboxylic acids is 1. The zero-order valence-corrected chi connectivity index (χ0v) is 14.1. The Morgan fingerprint density at radius 1 is 1.23 bits per heavy atom. The molecule has 1 amide bonds. The molecule has 1 atom stereocenters. The van der Waals surface area contributed by atoms with Crippen LogP contribution in [0, 0.1) is 0 Å². The quantitative estimate of drug-likeness (QED) is 0.837. The molecular weight excluding hydrogens is 345 g/mol. The lowest BCUT2D eigenvalue weighted by molar-refractivity contribution is -0.138. The summed E-state index contributed by atoms with van der Waals surface area (Å²) < 4.78 is 44.1. The third-order valence-electron chi connectivity index (χ3n) is 4.29. The second-order valence-electron chi connectivity index (χ2n) is 6.27. The summed E-state index contributed by atoms with van der Waals surface area (Å²) in [4.78, 5) is 18.1. The third-order valence-corrected chi connectivity index (χ3v) is 4.29. The van der Waals surface area contributed by atoms with Gasteiger partial charge in [0.15, 0.2) is 0 Å². The highest BCUT2D eigenvalue weighted by atomic mass is 19.4. The number of hydrogen-bond donors (Lipinski definition) is 0. The van der Waals surface area contributed by atoms with E-state index in [1.165, 1.54) is 6.07 Å². The number of benzene rings is 1. The largest absolute Gasteiger partial charge is 0.416 e. The molecule has 1 aromatic heterocycles. The van der Waals surface area contributed by atoms with E-state index in [0.717, 1.165) is 17.7 Å². The van der Waals surface area contributed by atoms with Crippen LogP contribution in [0.15, 0.2) is 48.8 Å². The average Bonchev–Trinajstić information content (AvgIpc) is 2.62. The maximum Gasteiger partial charge on any atom is 0.416 e. The van der Waals surface area contributed by atoms with Gasteiger partial charge in [0.25, 0.3) is 0 Å². The average molecular weight is 364 g/mol. The van der Waals surface area contributed by atoms with Gasteiger partial charge in [-0.1, -0.05) is 24.3 Å². The summed E-state index contributed by atoms with van der Waals surface area (Å²) >= 11 is 0. The van der Waals surface area contributed by atoms with E-state index in [2.05, 4.69) is 4.98 Å². The first-order chi connectivity index (χ1) is 12.4. The summed E-state index contributed by atoms with van der Waals surface area (Å²) in [5, 5.41) is 0. The van der Waals surface area contributed by atoms with E-state index in [9.17, 15) is 18.0 Å². The lowest BCUT2D eigenvalue weighted by atomic mass is 10.0. The number of ether oxygens (including phenoxy) is 1. The van der Waals surface area contributed by atoms with Gasteiger partial charge in [0, 0.05) is 31.9 Å². The molecule has 26 heavy (non-hydrogen) atoms.